The molecule has 1 aliphatic rings. The molecule has 1 atom stereocenters. The van der Waals surface area contributed by atoms with Crippen LogP contribution in [0.1, 0.15) is 31.9 Å². The highest BCUT2D eigenvalue weighted by Crippen LogP contribution is 2.37. The van der Waals surface area contributed by atoms with Gasteiger partial charge in [0.15, 0.2) is 6.10 Å². The van der Waals surface area contributed by atoms with Gasteiger partial charge in [-0.15, -0.1) is 0 Å². The molecule has 0 radical (unpaired) electrons. The van der Waals surface area contributed by atoms with Gasteiger partial charge in [-0.2, -0.15) is 18.4 Å². The number of hydrogen-bond acceptors (Lipinski definition) is 8. The molecule has 1 unspecified atom stereocenters. The van der Waals surface area contributed by atoms with E-state index in [1.54, 1.807) is 43.3 Å². The van der Waals surface area contributed by atoms with E-state index in [-0.39, 0.29) is 35.6 Å². The first-order valence-corrected chi connectivity index (χ1v) is 13.4. The van der Waals surface area contributed by atoms with E-state index in [4.69, 9.17) is 10.00 Å². The van der Waals surface area contributed by atoms with E-state index in [1.165, 1.54) is 6.20 Å². The van der Waals surface area contributed by atoms with Crippen molar-refractivity contribution < 1.29 is 26.3 Å². The van der Waals surface area contributed by atoms with Gasteiger partial charge < -0.3 is 9.64 Å². The molecule has 1 aliphatic heterocycles. The predicted octanol–water partition coefficient (Wildman–Crippen LogP) is 4.27. The molecule has 0 saturated carbocycles. The second-order valence-corrected chi connectivity index (χ2v) is 10.5. The lowest BCUT2D eigenvalue weighted by Crippen LogP contribution is -2.46. The number of piperidine rings is 1. The summed E-state index contributed by atoms with van der Waals surface area (Å²) in [6, 6.07) is 11.7. The van der Waals surface area contributed by atoms with Gasteiger partial charge in [0.25, 0.3) is 5.88 Å². The number of sulfonamides is 1. The number of fused-ring (bicyclic) bond motifs is 1. The Morgan fingerprint density at radius 1 is 1.19 bits per heavy atom. The molecule has 13 heteroatoms. The Kier molecular flexibility index (Phi) is 7.68. The smallest absolute Gasteiger partial charge is 0.425 e. The Morgan fingerprint density at radius 2 is 1.86 bits per heavy atom. The number of anilines is 2. The number of para-hydroxylation sites is 2. The van der Waals surface area contributed by atoms with Crippen LogP contribution >= 0.6 is 0 Å². The molecule has 1 aromatic carbocycles. The summed E-state index contributed by atoms with van der Waals surface area (Å²) in [6.07, 6.45) is -4.83. The number of pyridine rings is 1. The second-order valence-electron chi connectivity index (χ2n) is 8.70. The Balaban J connectivity index is 1.60. The van der Waals surface area contributed by atoms with E-state index in [1.807, 2.05) is 11.0 Å². The topological polar surface area (TPSA) is 121 Å². The highest BCUT2D eigenvalue weighted by atomic mass is 32.2. The zero-order valence-electron chi connectivity index (χ0n) is 19.9. The average molecular weight is 535 g/mol. The number of benzene rings is 1. The normalized spacial score (nSPS) is 15.8. The Hall–Kier alpha value is -3.66. The standard InChI is InChI=1S/C24H25F3N6O3S/c1-2-13-37(34,35)32-22-23(31-20-6-4-3-5-19(20)30-22)36-21(24(25,26)27)16-8-11-33(12-9-16)18-7-10-29-17(14-18)15-28/h3-7,10,14,16,21H,2,8-9,11-13H2,1H3,(H,30,32). The molecular weight excluding hydrogens is 509 g/mol. The van der Waals surface area contributed by atoms with Gasteiger partial charge in [-0.25, -0.2) is 23.4 Å². The van der Waals surface area contributed by atoms with E-state index in [0.29, 0.717) is 30.7 Å². The largest absolute Gasteiger partial charge is 0.462 e. The summed E-state index contributed by atoms with van der Waals surface area (Å²) in [4.78, 5) is 14.2. The van der Waals surface area contributed by atoms with Crippen LogP contribution in [0.15, 0.2) is 42.6 Å². The first kappa shape index (κ1) is 26.4. The minimum Gasteiger partial charge on any atom is -0.462 e. The van der Waals surface area contributed by atoms with Crippen LogP contribution in [-0.2, 0) is 10.0 Å². The average Bonchev–Trinajstić information content (AvgIpc) is 2.86. The fourth-order valence-corrected chi connectivity index (χ4v) is 5.35. The summed E-state index contributed by atoms with van der Waals surface area (Å²) < 4.78 is 75.2. The summed E-state index contributed by atoms with van der Waals surface area (Å²) in [7, 11) is -3.86. The SMILES string of the molecule is CCCS(=O)(=O)Nc1nc2ccccc2nc1OC(C1CCN(c2ccnc(C#N)c2)CC1)C(F)(F)F. The van der Waals surface area contributed by atoms with Crippen molar-refractivity contribution in [2.24, 2.45) is 5.92 Å². The molecule has 1 fully saturated rings. The fourth-order valence-electron chi connectivity index (χ4n) is 4.29. The summed E-state index contributed by atoms with van der Waals surface area (Å²) >= 11 is 0. The third-order valence-electron chi connectivity index (χ3n) is 6.02. The summed E-state index contributed by atoms with van der Waals surface area (Å²) in [5, 5.41) is 9.07. The number of ether oxygens (including phenoxy) is 1. The van der Waals surface area contributed by atoms with E-state index in [9.17, 15) is 21.6 Å². The lowest BCUT2D eigenvalue weighted by molar-refractivity contribution is -0.212. The maximum Gasteiger partial charge on any atom is 0.425 e. The molecule has 37 heavy (non-hydrogen) atoms. The van der Waals surface area contributed by atoms with Crippen LogP contribution in [0.3, 0.4) is 0 Å². The van der Waals surface area contributed by atoms with Crippen LogP contribution < -0.4 is 14.4 Å². The van der Waals surface area contributed by atoms with Gasteiger partial charge in [-0.05, 0) is 43.5 Å². The van der Waals surface area contributed by atoms with Crippen molar-refractivity contribution in [3.63, 3.8) is 0 Å². The first-order valence-electron chi connectivity index (χ1n) is 11.7. The van der Waals surface area contributed by atoms with Gasteiger partial charge in [0, 0.05) is 30.9 Å². The quantitative estimate of drug-likeness (QED) is 0.455. The van der Waals surface area contributed by atoms with Crippen molar-refractivity contribution in [3.05, 3.63) is 48.3 Å². The Bertz CT molecular complexity index is 1400. The maximum atomic E-state index is 14.2. The van der Waals surface area contributed by atoms with Gasteiger partial charge >= 0.3 is 6.18 Å². The number of nitrogens with zero attached hydrogens (tertiary/aromatic N) is 5. The molecule has 0 amide bonds. The zero-order chi connectivity index (χ0) is 26.6. The molecular formula is C24H25F3N6O3S. The predicted molar refractivity (Wildman–Crippen MR) is 132 cm³/mol. The van der Waals surface area contributed by atoms with Crippen molar-refractivity contribution in [1.82, 2.24) is 15.0 Å². The highest BCUT2D eigenvalue weighted by Gasteiger charge is 2.48. The summed E-state index contributed by atoms with van der Waals surface area (Å²) in [5.74, 6) is -2.03. The molecule has 4 rings (SSSR count). The van der Waals surface area contributed by atoms with Gasteiger partial charge in [0.1, 0.15) is 11.8 Å². The second kappa shape index (κ2) is 10.8. The fraction of sp³-hybridized carbons (Fsp3) is 0.417. The van der Waals surface area contributed by atoms with E-state index < -0.39 is 34.1 Å². The zero-order valence-corrected chi connectivity index (χ0v) is 20.8. The van der Waals surface area contributed by atoms with E-state index in [2.05, 4.69) is 19.7 Å². The van der Waals surface area contributed by atoms with Gasteiger partial charge in [-0.1, -0.05) is 19.1 Å². The molecule has 1 N–H and O–H groups in total. The number of aromatic nitrogens is 3. The molecule has 0 aliphatic carbocycles. The number of hydrogen-bond donors (Lipinski definition) is 1. The molecule has 9 nitrogen and oxygen atoms in total. The van der Waals surface area contributed by atoms with E-state index in [0.717, 1.165) is 0 Å². The minimum absolute atomic E-state index is 0.159. The number of rotatable bonds is 8. The third-order valence-corrected chi connectivity index (χ3v) is 7.47. The Morgan fingerprint density at radius 3 is 2.49 bits per heavy atom. The number of halogens is 3. The minimum atomic E-state index is -4.73. The molecule has 2 aromatic heterocycles. The molecule has 0 bridgehead atoms. The van der Waals surface area contributed by atoms with Crippen molar-refractivity contribution in [1.29, 1.82) is 5.26 Å². The monoisotopic (exact) mass is 534 g/mol. The van der Waals surface area contributed by atoms with Crippen molar-refractivity contribution in [2.75, 3.05) is 28.5 Å². The molecule has 0 spiro atoms. The maximum absolute atomic E-state index is 14.2. The lowest BCUT2D eigenvalue weighted by atomic mass is 9.90. The molecule has 3 heterocycles. The number of nitriles is 1. The van der Waals surface area contributed by atoms with Crippen LogP contribution in [0, 0.1) is 17.2 Å². The van der Waals surface area contributed by atoms with Gasteiger partial charge in [0.05, 0.1) is 16.8 Å². The highest BCUT2D eigenvalue weighted by molar-refractivity contribution is 7.92. The van der Waals surface area contributed by atoms with Crippen molar-refractivity contribution in [2.45, 2.75) is 38.5 Å². The van der Waals surface area contributed by atoms with Crippen LogP contribution in [0.4, 0.5) is 24.7 Å². The summed E-state index contributed by atoms with van der Waals surface area (Å²) in [5.41, 5.74) is 1.53. The molecule has 1 saturated heterocycles. The van der Waals surface area contributed by atoms with E-state index >= 15 is 0 Å². The van der Waals surface area contributed by atoms with Crippen LogP contribution in [0.25, 0.3) is 11.0 Å². The number of nitrogens with one attached hydrogen (secondary N) is 1. The van der Waals surface area contributed by atoms with Crippen molar-refractivity contribution in [3.8, 4) is 11.9 Å². The molecule has 196 valence electrons. The third kappa shape index (κ3) is 6.37. The first-order chi connectivity index (χ1) is 17.6. The van der Waals surface area contributed by atoms with Gasteiger partial charge in [-0.3, -0.25) is 4.72 Å². The van der Waals surface area contributed by atoms with Crippen LogP contribution in [-0.4, -0.2) is 54.5 Å². The van der Waals surface area contributed by atoms with Gasteiger partial charge in [0.2, 0.25) is 15.8 Å². The molecule has 3 aromatic rings. The van der Waals surface area contributed by atoms with Crippen LogP contribution in [0.5, 0.6) is 5.88 Å². The summed E-state index contributed by atoms with van der Waals surface area (Å²) in [6.45, 7) is 2.30. The Labute approximate surface area is 212 Å². The lowest BCUT2D eigenvalue weighted by Gasteiger charge is -2.37. The van der Waals surface area contributed by atoms with Crippen molar-refractivity contribution >= 4 is 32.6 Å². The number of alkyl halides is 3. The van der Waals surface area contributed by atoms with Crippen LogP contribution in [0.2, 0.25) is 0 Å².